The molecule has 0 aromatic rings. The third kappa shape index (κ3) is 3.66. The first-order chi connectivity index (χ1) is 3.31. The Kier molecular flexibility index (Phi) is 3.89. The van der Waals surface area contributed by atoms with Crippen molar-refractivity contribution in [1.29, 1.82) is 0 Å². The van der Waals surface area contributed by atoms with E-state index < -0.39 is 0 Å². The van der Waals surface area contributed by atoms with Crippen LogP contribution in [0.4, 0.5) is 0 Å². The summed E-state index contributed by atoms with van der Waals surface area (Å²) in [7, 11) is 0. The molecule has 0 radical (unpaired) electrons. The lowest BCUT2D eigenvalue weighted by atomic mass is 10.9. The topological polar surface area (TPSA) is 32.6 Å². The van der Waals surface area contributed by atoms with E-state index in [9.17, 15) is 0 Å². The van der Waals surface area contributed by atoms with E-state index in [0.29, 0.717) is 0 Å². The van der Waals surface area contributed by atoms with Gasteiger partial charge in [-0.1, -0.05) is 12.1 Å². The molecular formula is C4H9NOS. The van der Waals surface area contributed by atoms with Crippen molar-refractivity contribution < 1.29 is 5.21 Å². The molecule has 0 aliphatic heterocycles. The van der Waals surface area contributed by atoms with Gasteiger partial charge in [-0.25, -0.2) is 0 Å². The number of hydrogen-bond acceptors (Lipinski definition) is 3. The summed E-state index contributed by atoms with van der Waals surface area (Å²) in [5, 5.41) is 11.7. The van der Waals surface area contributed by atoms with Gasteiger partial charge in [0.1, 0.15) is 5.04 Å². The number of rotatable bonds is 1. The third-order valence-electron chi connectivity index (χ3n) is 0.494. The molecule has 0 aliphatic carbocycles. The Bertz CT molecular complexity index is 72.1. The van der Waals surface area contributed by atoms with Crippen molar-refractivity contribution in [1.82, 2.24) is 0 Å². The van der Waals surface area contributed by atoms with Gasteiger partial charge >= 0.3 is 0 Å². The Hall–Kier alpha value is -0.180. The molecule has 0 aliphatic rings. The molecule has 0 amide bonds. The van der Waals surface area contributed by atoms with Crippen LogP contribution in [0.25, 0.3) is 0 Å². The summed E-state index contributed by atoms with van der Waals surface area (Å²) in [5.41, 5.74) is 0. The molecule has 2 nitrogen and oxygen atoms in total. The largest absolute Gasteiger partial charge is 0.410 e. The molecule has 0 saturated carbocycles. The maximum absolute atomic E-state index is 8.03. The number of thioether (sulfide) groups is 1. The summed E-state index contributed by atoms with van der Waals surface area (Å²) in [6.07, 6.45) is 0. The highest BCUT2D eigenvalue weighted by molar-refractivity contribution is 8.13. The molecule has 0 spiro atoms. The molecule has 0 aromatic heterocycles. The molecule has 0 bridgehead atoms. The molecular weight excluding hydrogens is 110 g/mol. The highest BCUT2D eigenvalue weighted by atomic mass is 32.2. The number of nitrogens with zero attached hydrogens (tertiary/aromatic N) is 1. The van der Waals surface area contributed by atoms with Gasteiger partial charge in [0.05, 0.1) is 0 Å². The highest BCUT2D eigenvalue weighted by Gasteiger charge is 1.84. The van der Waals surface area contributed by atoms with Crippen molar-refractivity contribution in [2.24, 2.45) is 5.16 Å². The lowest BCUT2D eigenvalue weighted by Gasteiger charge is -1.87. The van der Waals surface area contributed by atoms with Crippen molar-refractivity contribution in [3.8, 4) is 0 Å². The van der Waals surface area contributed by atoms with Crippen molar-refractivity contribution in [3.05, 3.63) is 0 Å². The second kappa shape index (κ2) is 3.99. The van der Waals surface area contributed by atoms with Crippen LogP contribution in [0.5, 0.6) is 0 Å². The minimum absolute atomic E-state index is 0.725. The molecule has 0 saturated heterocycles. The molecule has 1 N–H and O–H groups in total. The quantitative estimate of drug-likeness (QED) is 0.246. The van der Waals surface area contributed by atoms with E-state index in [1.54, 1.807) is 6.92 Å². The van der Waals surface area contributed by atoms with E-state index in [0.717, 1.165) is 10.8 Å². The van der Waals surface area contributed by atoms with E-state index in [4.69, 9.17) is 5.21 Å². The zero-order valence-electron chi connectivity index (χ0n) is 4.51. The minimum Gasteiger partial charge on any atom is -0.410 e. The van der Waals surface area contributed by atoms with Crippen molar-refractivity contribution in [2.45, 2.75) is 13.8 Å². The Morgan fingerprint density at radius 3 is 2.57 bits per heavy atom. The molecule has 7 heavy (non-hydrogen) atoms. The second-order valence-corrected chi connectivity index (χ2v) is 2.51. The Morgan fingerprint density at radius 2 is 2.43 bits per heavy atom. The fourth-order valence-corrected chi connectivity index (χ4v) is 0.713. The van der Waals surface area contributed by atoms with Gasteiger partial charge in [-0.2, -0.15) is 0 Å². The van der Waals surface area contributed by atoms with Crippen LogP contribution in [0, 0.1) is 0 Å². The summed E-state index contributed by atoms with van der Waals surface area (Å²) >= 11 is 1.53. The molecule has 0 heterocycles. The third-order valence-corrected chi connectivity index (χ3v) is 1.28. The lowest BCUT2D eigenvalue weighted by molar-refractivity contribution is 0.320. The van der Waals surface area contributed by atoms with E-state index in [2.05, 4.69) is 5.16 Å². The fraction of sp³-hybridized carbons (Fsp3) is 0.750. The normalized spacial score (nSPS) is 12.0. The fourth-order valence-electron chi connectivity index (χ4n) is 0.238. The zero-order chi connectivity index (χ0) is 5.70. The first-order valence-electron chi connectivity index (χ1n) is 2.12. The van der Waals surface area contributed by atoms with Crippen LogP contribution in [-0.4, -0.2) is 16.0 Å². The van der Waals surface area contributed by atoms with Gasteiger partial charge in [-0.05, 0) is 12.7 Å². The van der Waals surface area contributed by atoms with Gasteiger partial charge in [0.25, 0.3) is 0 Å². The average Bonchev–Trinajstić information content (AvgIpc) is 1.68. The highest BCUT2D eigenvalue weighted by Crippen LogP contribution is 1.99. The van der Waals surface area contributed by atoms with Gasteiger partial charge in [0.15, 0.2) is 0 Å². The van der Waals surface area contributed by atoms with Gasteiger partial charge < -0.3 is 5.21 Å². The van der Waals surface area contributed by atoms with Gasteiger partial charge in [-0.3, -0.25) is 0 Å². The van der Waals surface area contributed by atoms with E-state index in [1.165, 1.54) is 11.8 Å². The van der Waals surface area contributed by atoms with Crippen LogP contribution < -0.4 is 0 Å². The second-order valence-electron chi connectivity index (χ2n) is 1.05. The van der Waals surface area contributed by atoms with E-state index in [1.807, 2.05) is 6.92 Å². The average molecular weight is 119 g/mol. The first kappa shape index (κ1) is 6.82. The van der Waals surface area contributed by atoms with Crippen molar-refractivity contribution >= 4 is 16.8 Å². The summed E-state index contributed by atoms with van der Waals surface area (Å²) in [6.45, 7) is 3.79. The van der Waals surface area contributed by atoms with Crippen LogP contribution in [0.2, 0.25) is 0 Å². The molecule has 0 fully saturated rings. The molecule has 0 unspecified atom stereocenters. The maximum Gasteiger partial charge on any atom is 0.109 e. The predicted molar refractivity (Wildman–Crippen MR) is 33.0 cm³/mol. The van der Waals surface area contributed by atoms with Crippen LogP contribution in [0.15, 0.2) is 5.16 Å². The van der Waals surface area contributed by atoms with Crippen LogP contribution in [0.3, 0.4) is 0 Å². The smallest absolute Gasteiger partial charge is 0.109 e. The van der Waals surface area contributed by atoms with Gasteiger partial charge in [0.2, 0.25) is 0 Å². The van der Waals surface area contributed by atoms with E-state index >= 15 is 0 Å². The SMILES string of the molecule is CCS/C(C)=N\O. The van der Waals surface area contributed by atoms with Crippen LogP contribution in [-0.2, 0) is 0 Å². The standard InChI is InChI=1S/C4H9NOS/c1-3-7-4(2)5-6/h6H,3H2,1-2H3/b5-4-. The molecule has 3 heteroatoms. The zero-order valence-corrected chi connectivity index (χ0v) is 5.33. The first-order valence-corrected chi connectivity index (χ1v) is 3.11. The molecule has 0 aromatic carbocycles. The lowest BCUT2D eigenvalue weighted by Crippen LogP contribution is -1.81. The van der Waals surface area contributed by atoms with Crippen LogP contribution in [0.1, 0.15) is 13.8 Å². The summed E-state index contributed by atoms with van der Waals surface area (Å²) in [6, 6.07) is 0. The predicted octanol–water partition coefficient (Wildman–Crippen LogP) is 1.55. The Morgan fingerprint density at radius 1 is 1.86 bits per heavy atom. The number of hydrogen-bond donors (Lipinski definition) is 1. The Labute approximate surface area is 47.6 Å². The summed E-state index contributed by atoms with van der Waals surface area (Å²) in [4.78, 5) is 0. The Balaban J connectivity index is 3.17. The number of oxime groups is 1. The van der Waals surface area contributed by atoms with Crippen LogP contribution >= 0.6 is 11.8 Å². The molecule has 42 valence electrons. The van der Waals surface area contributed by atoms with Gasteiger partial charge in [-0.15, -0.1) is 11.8 Å². The van der Waals surface area contributed by atoms with Crippen molar-refractivity contribution in [3.63, 3.8) is 0 Å². The maximum atomic E-state index is 8.03. The van der Waals surface area contributed by atoms with Crippen molar-refractivity contribution in [2.75, 3.05) is 5.75 Å². The molecule has 0 atom stereocenters. The summed E-state index contributed by atoms with van der Waals surface area (Å²) in [5.74, 6) is 0.968. The minimum atomic E-state index is 0.725. The summed E-state index contributed by atoms with van der Waals surface area (Å²) < 4.78 is 0. The monoisotopic (exact) mass is 119 g/mol. The molecule has 0 rings (SSSR count). The van der Waals surface area contributed by atoms with E-state index in [-0.39, 0.29) is 0 Å². The van der Waals surface area contributed by atoms with Gasteiger partial charge in [0, 0.05) is 0 Å².